The number of nitrogens with zero attached hydrogens (tertiary/aromatic N) is 3. The molecule has 3 N–H and O–H groups in total. The lowest BCUT2D eigenvalue weighted by Crippen LogP contribution is -2.38. The second-order valence-corrected chi connectivity index (χ2v) is 8.76. The Hall–Kier alpha value is -2.77. The van der Waals surface area contributed by atoms with E-state index in [2.05, 4.69) is 16.3 Å². The molecule has 0 radical (unpaired) electrons. The van der Waals surface area contributed by atoms with E-state index < -0.39 is 18.0 Å². The summed E-state index contributed by atoms with van der Waals surface area (Å²) in [5, 5.41) is 28.3. The maximum Gasteiger partial charge on any atom is 0.165 e. The van der Waals surface area contributed by atoms with Gasteiger partial charge in [-0.2, -0.15) is 5.26 Å². The molecule has 0 aliphatic heterocycles. The Morgan fingerprint density at radius 3 is 2.56 bits per heavy atom. The lowest BCUT2D eigenvalue weighted by molar-refractivity contribution is 0.129. The Balaban J connectivity index is 1.85. The zero-order valence-electron chi connectivity index (χ0n) is 17.7. The van der Waals surface area contributed by atoms with Crippen molar-refractivity contribution < 1.29 is 19.0 Å². The number of benzene rings is 2. The highest BCUT2D eigenvalue weighted by Gasteiger charge is 2.18. The second-order valence-electron chi connectivity index (χ2n) is 7.38. The maximum absolute atomic E-state index is 14.6. The molecule has 0 fully saturated rings. The number of halogens is 2. The Morgan fingerprint density at radius 2 is 1.91 bits per heavy atom. The molecule has 3 aromatic rings. The first-order chi connectivity index (χ1) is 15.2. The van der Waals surface area contributed by atoms with Crippen LogP contribution < -0.4 is 15.2 Å². The standard InChI is InChI=1S/C22H22ClFN4O3S/c1-11(2)31-19-5-4-13(6-14(19)9-25)21-27-28-22(32-21)15-7-17(24)20(8-16(15)23)30-10-18(26)12(3)29/h4-8,11-12,18,29H,10,26H2,1-3H3/t12-,18+/m1/s1. The second kappa shape index (κ2) is 10.2. The third-order valence-corrected chi connectivity index (χ3v) is 5.76. The van der Waals surface area contributed by atoms with E-state index in [4.69, 9.17) is 26.8 Å². The number of rotatable bonds is 8. The smallest absolute Gasteiger partial charge is 0.165 e. The molecule has 7 nitrogen and oxygen atoms in total. The zero-order valence-corrected chi connectivity index (χ0v) is 19.2. The van der Waals surface area contributed by atoms with E-state index in [9.17, 15) is 14.8 Å². The van der Waals surface area contributed by atoms with Gasteiger partial charge in [-0.3, -0.25) is 0 Å². The van der Waals surface area contributed by atoms with Crippen molar-refractivity contribution in [3.8, 4) is 38.7 Å². The SMILES string of the molecule is CC(C)Oc1ccc(-c2nnc(-c3cc(F)c(OC[C@H](N)[C@@H](C)O)cc3Cl)s2)cc1C#N. The summed E-state index contributed by atoms with van der Waals surface area (Å²) in [5.74, 6) is -0.216. The molecule has 2 aromatic carbocycles. The van der Waals surface area contributed by atoms with Crippen LogP contribution in [0.15, 0.2) is 30.3 Å². The van der Waals surface area contributed by atoms with Gasteiger partial charge in [0.15, 0.2) is 11.6 Å². The molecule has 2 atom stereocenters. The highest BCUT2D eigenvalue weighted by atomic mass is 35.5. The van der Waals surface area contributed by atoms with Crippen molar-refractivity contribution in [2.24, 2.45) is 5.73 Å². The average Bonchev–Trinajstić information content (AvgIpc) is 3.23. The quantitative estimate of drug-likeness (QED) is 0.494. The van der Waals surface area contributed by atoms with Crippen molar-refractivity contribution in [1.82, 2.24) is 10.2 Å². The summed E-state index contributed by atoms with van der Waals surface area (Å²) in [6.45, 7) is 5.22. The molecule has 0 aliphatic carbocycles. The van der Waals surface area contributed by atoms with Crippen LogP contribution in [0, 0.1) is 17.1 Å². The number of ether oxygens (including phenoxy) is 2. The third-order valence-electron chi connectivity index (χ3n) is 4.44. The van der Waals surface area contributed by atoms with Crippen molar-refractivity contribution in [3.05, 3.63) is 46.7 Å². The largest absolute Gasteiger partial charge is 0.490 e. The van der Waals surface area contributed by atoms with Crippen LogP contribution in [-0.4, -0.2) is 40.2 Å². The van der Waals surface area contributed by atoms with Crippen LogP contribution in [0.25, 0.3) is 21.1 Å². The molecule has 0 saturated heterocycles. The molecule has 0 spiro atoms. The number of nitriles is 1. The van der Waals surface area contributed by atoms with Crippen molar-refractivity contribution in [1.29, 1.82) is 5.26 Å². The fourth-order valence-electron chi connectivity index (χ4n) is 2.68. The summed E-state index contributed by atoms with van der Waals surface area (Å²) in [6.07, 6.45) is -0.854. The Morgan fingerprint density at radius 1 is 1.19 bits per heavy atom. The van der Waals surface area contributed by atoms with Crippen molar-refractivity contribution >= 4 is 22.9 Å². The van der Waals surface area contributed by atoms with Gasteiger partial charge in [-0.15, -0.1) is 10.2 Å². The Bertz CT molecular complexity index is 1150. The van der Waals surface area contributed by atoms with Crippen LogP contribution in [0.1, 0.15) is 26.3 Å². The minimum Gasteiger partial charge on any atom is -0.490 e. The Labute approximate surface area is 194 Å². The predicted octanol–water partition coefficient (Wildman–Crippen LogP) is 4.41. The van der Waals surface area contributed by atoms with Gasteiger partial charge in [0.25, 0.3) is 0 Å². The van der Waals surface area contributed by atoms with E-state index in [-0.39, 0.29) is 23.5 Å². The highest BCUT2D eigenvalue weighted by molar-refractivity contribution is 7.18. The average molecular weight is 477 g/mol. The minimum atomic E-state index is -0.792. The first-order valence-electron chi connectivity index (χ1n) is 9.80. The lowest BCUT2D eigenvalue weighted by atomic mass is 10.1. The summed E-state index contributed by atoms with van der Waals surface area (Å²) in [4.78, 5) is 0. The summed E-state index contributed by atoms with van der Waals surface area (Å²) in [6, 6.07) is 9.19. The maximum atomic E-state index is 14.6. The van der Waals surface area contributed by atoms with Gasteiger partial charge in [-0.1, -0.05) is 22.9 Å². The van der Waals surface area contributed by atoms with Crippen LogP contribution in [0.4, 0.5) is 4.39 Å². The molecule has 0 amide bonds. The molecule has 168 valence electrons. The molecular weight excluding hydrogens is 455 g/mol. The molecular formula is C22H22ClFN4O3S. The molecule has 32 heavy (non-hydrogen) atoms. The van der Waals surface area contributed by atoms with Crippen molar-refractivity contribution in [2.45, 2.75) is 39.0 Å². The molecule has 0 unspecified atom stereocenters. The Kier molecular flexibility index (Phi) is 7.64. The van der Waals surface area contributed by atoms with E-state index in [1.54, 1.807) is 18.2 Å². The van der Waals surface area contributed by atoms with Gasteiger partial charge in [0, 0.05) is 17.2 Å². The minimum absolute atomic E-state index is 0.0622. The number of aliphatic hydroxyl groups excluding tert-OH is 1. The molecule has 1 heterocycles. The predicted molar refractivity (Wildman–Crippen MR) is 121 cm³/mol. The first-order valence-corrected chi connectivity index (χ1v) is 11.0. The van der Waals surface area contributed by atoms with E-state index in [1.165, 1.54) is 30.4 Å². The van der Waals surface area contributed by atoms with Gasteiger partial charge < -0.3 is 20.3 Å². The van der Waals surface area contributed by atoms with Gasteiger partial charge in [0.2, 0.25) is 0 Å². The van der Waals surface area contributed by atoms with Crippen LogP contribution in [0.3, 0.4) is 0 Å². The fraction of sp³-hybridized carbons (Fsp3) is 0.318. The highest BCUT2D eigenvalue weighted by Crippen LogP contribution is 2.38. The van der Waals surface area contributed by atoms with Gasteiger partial charge >= 0.3 is 0 Å². The molecule has 0 saturated carbocycles. The van der Waals surface area contributed by atoms with Crippen LogP contribution >= 0.6 is 22.9 Å². The molecule has 0 bridgehead atoms. The number of hydrogen-bond acceptors (Lipinski definition) is 8. The molecule has 0 aliphatic rings. The summed E-state index contributed by atoms with van der Waals surface area (Å²) >= 11 is 7.55. The topological polar surface area (TPSA) is 114 Å². The first kappa shape index (κ1) is 23.9. The van der Waals surface area contributed by atoms with Crippen LogP contribution in [-0.2, 0) is 0 Å². The third kappa shape index (κ3) is 5.53. The number of nitrogens with two attached hydrogens (primary N) is 1. The van der Waals surface area contributed by atoms with Gasteiger partial charge in [-0.05, 0) is 45.0 Å². The normalized spacial score (nSPS) is 13.0. The van der Waals surface area contributed by atoms with E-state index in [0.29, 0.717) is 32.5 Å². The van der Waals surface area contributed by atoms with Crippen molar-refractivity contribution in [2.75, 3.05) is 6.61 Å². The van der Waals surface area contributed by atoms with Gasteiger partial charge in [-0.25, -0.2) is 4.39 Å². The number of aliphatic hydroxyl groups is 1. The molecule has 1 aromatic heterocycles. The number of aromatic nitrogens is 2. The summed E-state index contributed by atoms with van der Waals surface area (Å²) in [7, 11) is 0. The lowest BCUT2D eigenvalue weighted by Gasteiger charge is -2.16. The summed E-state index contributed by atoms with van der Waals surface area (Å²) in [5.41, 5.74) is 7.14. The van der Waals surface area contributed by atoms with E-state index >= 15 is 0 Å². The van der Waals surface area contributed by atoms with Crippen LogP contribution in [0.2, 0.25) is 5.02 Å². The van der Waals surface area contributed by atoms with E-state index in [0.717, 1.165) is 0 Å². The summed E-state index contributed by atoms with van der Waals surface area (Å²) < 4.78 is 25.6. The fourth-order valence-corrected chi connectivity index (χ4v) is 3.85. The molecule has 3 rings (SSSR count). The number of hydrogen-bond donors (Lipinski definition) is 2. The van der Waals surface area contributed by atoms with Gasteiger partial charge in [0.05, 0.1) is 28.8 Å². The zero-order chi connectivity index (χ0) is 23.4. The monoisotopic (exact) mass is 476 g/mol. The van der Waals surface area contributed by atoms with Gasteiger partial charge in [0.1, 0.15) is 28.4 Å². The van der Waals surface area contributed by atoms with E-state index in [1.807, 2.05) is 13.8 Å². The van der Waals surface area contributed by atoms with Crippen molar-refractivity contribution in [3.63, 3.8) is 0 Å². The molecule has 10 heteroatoms. The van der Waals surface area contributed by atoms with Crippen LogP contribution in [0.5, 0.6) is 11.5 Å².